The van der Waals surface area contributed by atoms with Crippen LogP contribution in [0.15, 0.2) is 103 Å². The van der Waals surface area contributed by atoms with Gasteiger partial charge in [0.2, 0.25) is 5.91 Å². The van der Waals surface area contributed by atoms with E-state index in [1.807, 2.05) is 41.3 Å². The van der Waals surface area contributed by atoms with E-state index < -0.39 is 51.6 Å². The highest BCUT2D eigenvalue weighted by molar-refractivity contribution is 6.18. The summed E-state index contributed by atoms with van der Waals surface area (Å²) in [6, 6.07) is 23.0. The van der Waals surface area contributed by atoms with Crippen molar-refractivity contribution in [1.82, 2.24) is 0 Å². The second-order valence-electron chi connectivity index (χ2n) is 10.6. The van der Waals surface area contributed by atoms with E-state index in [0.717, 1.165) is 5.56 Å². The zero-order chi connectivity index (χ0) is 29.2. The third kappa shape index (κ3) is 3.49. The molecule has 4 aromatic rings. The molecule has 4 atom stereocenters. The van der Waals surface area contributed by atoms with Gasteiger partial charge in [-0.05, 0) is 59.7 Å². The van der Waals surface area contributed by atoms with Crippen molar-refractivity contribution in [3.05, 3.63) is 141 Å². The number of hydrogen-bond acceptors (Lipinski definition) is 6. The Morgan fingerprint density at radius 3 is 2.24 bits per heavy atom. The Morgan fingerprint density at radius 2 is 1.50 bits per heavy atom. The number of ketones is 2. The van der Waals surface area contributed by atoms with Crippen LogP contribution >= 0.6 is 0 Å². The molecule has 0 bridgehead atoms. The van der Waals surface area contributed by atoms with Gasteiger partial charge < -0.3 is 10.2 Å². The highest BCUT2D eigenvalue weighted by Crippen LogP contribution is 2.58. The summed E-state index contributed by atoms with van der Waals surface area (Å²) >= 11 is 0. The Hall–Kier alpha value is -5.44. The van der Waals surface area contributed by atoms with Gasteiger partial charge in [-0.15, -0.1) is 0 Å². The molecule has 0 unspecified atom stereocenters. The van der Waals surface area contributed by atoms with Crippen LogP contribution < -0.4 is 10.2 Å². The highest BCUT2D eigenvalue weighted by atomic mass is 19.1. The molecule has 1 fully saturated rings. The smallest absolute Gasteiger partial charge is 0.269 e. The predicted molar refractivity (Wildman–Crippen MR) is 154 cm³/mol. The maximum atomic E-state index is 14.6. The zero-order valence-corrected chi connectivity index (χ0v) is 21.9. The summed E-state index contributed by atoms with van der Waals surface area (Å²) in [6.45, 7) is 0. The van der Waals surface area contributed by atoms with E-state index in [9.17, 15) is 28.9 Å². The Balaban J connectivity index is 1.51. The molecule has 206 valence electrons. The van der Waals surface area contributed by atoms with Crippen LogP contribution in [0.2, 0.25) is 0 Å². The Morgan fingerprint density at radius 1 is 0.857 bits per heavy atom. The van der Waals surface area contributed by atoms with Crippen molar-refractivity contribution in [2.75, 3.05) is 10.2 Å². The minimum Gasteiger partial charge on any atom is -0.352 e. The lowest BCUT2D eigenvalue weighted by atomic mass is 9.64. The Bertz CT molecular complexity index is 1840. The zero-order valence-electron chi connectivity index (χ0n) is 21.9. The number of halogens is 1. The maximum Gasteiger partial charge on any atom is 0.269 e. The molecule has 7 rings (SSSR count). The van der Waals surface area contributed by atoms with Crippen LogP contribution in [0.3, 0.4) is 0 Å². The van der Waals surface area contributed by atoms with Crippen LogP contribution in [0.5, 0.6) is 0 Å². The molecule has 42 heavy (non-hydrogen) atoms. The molecule has 0 aliphatic carbocycles. The molecule has 0 aromatic heterocycles. The molecule has 9 heteroatoms. The molecule has 1 spiro atoms. The molecule has 1 saturated heterocycles. The second-order valence-corrected chi connectivity index (χ2v) is 10.6. The fraction of sp³-hybridized carbons (Fsp3) is 0.121. The third-order valence-corrected chi connectivity index (χ3v) is 8.58. The largest absolute Gasteiger partial charge is 0.352 e. The number of carbonyl (C=O) groups is 3. The van der Waals surface area contributed by atoms with Gasteiger partial charge in [0.15, 0.2) is 11.6 Å². The summed E-state index contributed by atoms with van der Waals surface area (Å²) in [5.41, 5.74) is 1.27. The van der Waals surface area contributed by atoms with Crippen LogP contribution in [-0.2, 0) is 10.2 Å². The molecule has 0 saturated carbocycles. The van der Waals surface area contributed by atoms with Gasteiger partial charge in [-0.1, -0.05) is 48.6 Å². The summed E-state index contributed by atoms with van der Waals surface area (Å²) < 4.78 is 13.9. The number of nitro groups is 1. The summed E-state index contributed by atoms with van der Waals surface area (Å²) in [7, 11) is 0. The van der Waals surface area contributed by atoms with Crippen molar-refractivity contribution < 1.29 is 23.7 Å². The molecule has 3 heterocycles. The Kier molecular flexibility index (Phi) is 5.65. The van der Waals surface area contributed by atoms with Crippen molar-refractivity contribution in [3.63, 3.8) is 0 Å². The molecule has 1 N–H and O–H groups in total. The third-order valence-electron chi connectivity index (χ3n) is 8.58. The number of nitrogens with zero attached hydrogens (tertiary/aromatic N) is 2. The Labute approximate surface area is 239 Å². The number of carbonyl (C=O) groups excluding carboxylic acids is 3. The minimum atomic E-state index is -1.51. The first-order valence-electron chi connectivity index (χ1n) is 13.4. The van der Waals surface area contributed by atoms with E-state index >= 15 is 0 Å². The number of anilines is 2. The van der Waals surface area contributed by atoms with E-state index in [-0.39, 0.29) is 16.8 Å². The molecule has 1 amide bonds. The summed E-state index contributed by atoms with van der Waals surface area (Å²) in [5.74, 6) is -3.11. The van der Waals surface area contributed by atoms with Crippen molar-refractivity contribution in [1.29, 1.82) is 0 Å². The molecule has 0 radical (unpaired) electrons. The molecule has 3 aliphatic heterocycles. The van der Waals surface area contributed by atoms with Crippen molar-refractivity contribution in [2.24, 2.45) is 5.92 Å². The minimum absolute atomic E-state index is 0.163. The number of rotatable bonds is 5. The van der Waals surface area contributed by atoms with Gasteiger partial charge in [0.1, 0.15) is 17.3 Å². The van der Waals surface area contributed by atoms with Crippen LogP contribution in [0, 0.1) is 21.8 Å². The lowest BCUT2D eigenvalue weighted by molar-refractivity contribution is -0.384. The molecule has 3 aliphatic rings. The van der Waals surface area contributed by atoms with Crippen molar-refractivity contribution in [3.8, 4) is 0 Å². The van der Waals surface area contributed by atoms with E-state index in [1.165, 1.54) is 48.5 Å². The molecular formula is C33H22FN3O5. The topological polar surface area (TPSA) is 110 Å². The monoisotopic (exact) mass is 559 g/mol. The van der Waals surface area contributed by atoms with Gasteiger partial charge in [0, 0.05) is 34.6 Å². The van der Waals surface area contributed by atoms with Gasteiger partial charge in [0.05, 0.1) is 16.9 Å². The highest BCUT2D eigenvalue weighted by Gasteiger charge is 2.70. The lowest BCUT2D eigenvalue weighted by Gasteiger charge is -2.37. The quantitative estimate of drug-likeness (QED) is 0.194. The number of fused-ring (bicyclic) bond motifs is 6. The van der Waals surface area contributed by atoms with E-state index in [2.05, 4.69) is 5.32 Å². The first-order valence-corrected chi connectivity index (χ1v) is 13.4. The van der Waals surface area contributed by atoms with Gasteiger partial charge in [-0.2, -0.15) is 0 Å². The number of Topliss-reactive ketones (excluding diaryl/α,β-unsaturated/α-hetero) is 2. The van der Waals surface area contributed by atoms with Crippen molar-refractivity contribution in [2.45, 2.75) is 17.5 Å². The van der Waals surface area contributed by atoms with Crippen molar-refractivity contribution >= 4 is 40.6 Å². The number of nitro benzene ring substituents is 1. The maximum absolute atomic E-state index is 14.6. The predicted octanol–water partition coefficient (Wildman–Crippen LogP) is 5.59. The molecule has 4 aromatic carbocycles. The number of nitrogens with one attached hydrogen (secondary N) is 1. The van der Waals surface area contributed by atoms with E-state index in [1.54, 1.807) is 24.3 Å². The second kappa shape index (κ2) is 9.31. The number of hydrogen-bond donors (Lipinski definition) is 1. The normalized spacial score (nSPS) is 23.2. The first-order chi connectivity index (χ1) is 20.3. The van der Waals surface area contributed by atoms with Gasteiger partial charge >= 0.3 is 0 Å². The average molecular weight is 560 g/mol. The number of benzene rings is 4. The standard InChI is InChI=1S/C33H22FN3O5/c34-22-14-9-20(10-15-22)30(38)28-29(31(39)21-11-16-23(17-12-21)37(41)42)36-26-8-4-1-5-19(26)13-18-27(36)33(28)24-6-2-3-7-25(24)35-32(33)40/h1-18,27-29H,(H,35,40)/t27-,28+,29+,33-/m1/s1. The lowest BCUT2D eigenvalue weighted by Crippen LogP contribution is -2.51. The molecule has 8 nitrogen and oxygen atoms in total. The van der Waals surface area contributed by atoms with Gasteiger partial charge in [0.25, 0.3) is 5.69 Å². The molecular weight excluding hydrogens is 537 g/mol. The number of non-ortho nitro benzene ring substituents is 1. The fourth-order valence-electron chi connectivity index (χ4n) is 6.83. The summed E-state index contributed by atoms with van der Waals surface area (Å²) in [6.07, 6.45) is 3.75. The van der Waals surface area contributed by atoms with Gasteiger partial charge in [-0.3, -0.25) is 24.5 Å². The first kappa shape index (κ1) is 25.5. The van der Waals surface area contributed by atoms with Crippen LogP contribution in [-0.4, -0.2) is 34.5 Å². The van der Waals surface area contributed by atoms with Crippen LogP contribution in [0.4, 0.5) is 21.5 Å². The van der Waals surface area contributed by atoms with Crippen LogP contribution in [0.25, 0.3) is 6.08 Å². The summed E-state index contributed by atoms with van der Waals surface area (Å²) in [5, 5.41) is 14.3. The number of amides is 1. The average Bonchev–Trinajstić information content (AvgIpc) is 3.49. The fourth-order valence-corrected chi connectivity index (χ4v) is 6.83. The van der Waals surface area contributed by atoms with Gasteiger partial charge in [-0.25, -0.2) is 4.39 Å². The number of para-hydroxylation sites is 2. The van der Waals surface area contributed by atoms with E-state index in [0.29, 0.717) is 16.9 Å². The van der Waals surface area contributed by atoms with E-state index in [4.69, 9.17) is 0 Å². The summed E-state index contributed by atoms with van der Waals surface area (Å²) in [4.78, 5) is 56.1. The van der Waals surface area contributed by atoms with Crippen LogP contribution in [0.1, 0.15) is 31.8 Å². The SMILES string of the molecule is O=C(c1ccc([N+](=O)[O-])cc1)[C@@H]1[C@@H](C(=O)c2ccc(F)cc2)[C@]2(C(=O)Nc3ccccc32)[C@H]2C=Cc3ccccc3N12.